The zero-order valence-electron chi connectivity index (χ0n) is 8.14. The Kier molecular flexibility index (Phi) is 7.78. The zero-order chi connectivity index (χ0) is 7.84. The second-order valence-electron chi connectivity index (χ2n) is 3.04. The van der Waals surface area contributed by atoms with Crippen LogP contribution in [-0.4, -0.2) is 0 Å². The monoisotopic (exact) mass is 261 g/mol. The molecule has 0 heterocycles. The van der Waals surface area contributed by atoms with Crippen LogP contribution in [0.4, 0.5) is 0 Å². The van der Waals surface area contributed by atoms with Gasteiger partial charge in [-0.15, -0.1) is 40.6 Å². The van der Waals surface area contributed by atoms with E-state index in [0.717, 1.165) is 0 Å². The van der Waals surface area contributed by atoms with Crippen LogP contribution >= 0.6 is 0 Å². The van der Waals surface area contributed by atoms with Crippen LogP contribution in [0.5, 0.6) is 0 Å². The van der Waals surface area contributed by atoms with E-state index in [1.807, 2.05) is 0 Å². The molecule has 0 spiro atoms. The third-order valence-corrected chi connectivity index (χ3v) is 2.33. The third kappa shape index (κ3) is 2.81. The second kappa shape index (κ2) is 6.58. The third-order valence-electron chi connectivity index (χ3n) is 2.33. The molecule has 1 radical (unpaired) electrons. The fraction of sp³-hybridized carbons (Fsp3) is 0.182. The predicted octanol–water partition coefficient (Wildman–Crippen LogP) is -2.82. The maximum atomic E-state index is 2.24. The van der Waals surface area contributed by atoms with Gasteiger partial charge in [-0.25, -0.2) is 0 Å². The Balaban J connectivity index is 0. The predicted molar refractivity (Wildman–Crippen MR) is 49.0 cm³/mol. The fourth-order valence-electron chi connectivity index (χ4n) is 1.52. The number of hydrogen-bond donors (Lipinski definition) is 0. The molecule has 0 fully saturated rings. The molecule has 0 saturated heterocycles. The Hall–Kier alpha value is 0.124. The minimum atomic E-state index is 0. The van der Waals surface area contributed by atoms with Crippen LogP contribution in [0.1, 0.15) is 11.1 Å². The summed E-state index contributed by atoms with van der Waals surface area (Å²) in [5, 5.41) is 2.76. The average molecular weight is 262 g/mol. The normalized spacial score (nSPS) is 8.43. The Bertz CT molecular complexity index is 393. The molecule has 3 heteroatoms. The number of benzene rings is 1. The van der Waals surface area contributed by atoms with Crippen LogP contribution in [-0.2, 0) is 21.7 Å². The van der Waals surface area contributed by atoms with Crippen LogP contribution in [0.2, 0.25) is 0 Å². The molecule has 14 heavy (non-hydrogen) atoms. The molecule has 2 aromatic rings. The van der Waals surface area contributed by atoms with Gasteiger partial charge in [0.05, 0.1) is 0 Å². The van der Waals surface area contributed by atoms with Crippen molar-refractivity contribution in [3.05, 3.63) is 41.5 Å². The van der Waals surface area contributed by atoms with Crippen molar-refractivity contribution in [1.29, 1.82) is 0 Å². The quantitative estimate of drug-likeness (QED) is 0.355. The van der Waals surface area contributed by atoms with Crippen molar-refractivity contribution in [2.45, 2.75) is 13.8 Å². The van der Waals surface area contributed by atoms with E-state index < -0.39 is 0 Å². The Morgan fingerprint density at radius 3 is 2.14 bits per heavy atom. The number of rotatable bonds is 0. The van der Waals surface area contributed by atoms with Gasteiger partial charge < -0.3 is 24.8 Å². The van der Waals surface area contributed by atoms with E-state index in [0.29, 0.717) is 0 Å². The van der Waals surface area contributed by atoms with Gasteiger partial charge in [-0.3, -0.25) is 0 Å². The molecule has 0 nitrogen and oxygen atoms in total. The van der Waals surface area contributed by atoms with Gasteiger partial charge in [-0.05, 0) is 0 Å². The number of aryl methyl sites for hydroxylation is 2. The van der Waals surface area contributed by atoms with Crippen LogP contribution in [0.25, 0.3) is 10.8 Å². The number of fused-ring (bicyclic) bond motifs is 1. The Morgan fingerprint density at radius 1 is 1.00 bits per heavy atom. The molecule has 0 saturated carbocycles. The first-order chi connectivity index (χ1) is 5.29. The maximum absolute atomic E-state index is 2.24. The van der Waals surface area contributed by atoms with Gasteiger partial charge in [-0.2, -0.15) is 5.56 Å². The summed E-state index contributed by atoms with van der Waals surface area (Å²) in [6, 6.07) is 10.8. The van der Waals surface area contributed by atoms with E-state index >= 15 is 0 Å². The minimum Gasteiger partial charge on any atom is -1.00 e. The topological polar surface area (TPSA) is 0 Å². The van der Waals surface area contributed by atoms with Crippen LogP contribution in [0.3, 0.4) is 0 Å². The van der Waals surface area contributed by atoms with E-state index in [-0.39, 0.29) is 46.5 Å². The van der Waals surface area contributed by atoms with Crippen LogP contribution in [0.15, 0.2) is 30.3 Å². The van der Waals surface area contributed by atoms with Crippen molar-refractivity contribution in [2.24, 2.45) is 0 Å². The molecule has 0 aromatic heterocycles. The standard InChI is InChI=1S/C11H11.2ClH.Ti/c1-8-7-10-5-3-4-6-11(10)9(8)2;;;/h3-7H,1-2H3;2*1H;/q-1;;;+3/p-2. The summed E-state index contributed by atoms with van der Waals surface area (Å²) in [5.41, 5.74) is 2.81. The van der Waals surface area contributed by atoms with Crippen molar-refractivity contribution in [3.8, 4) is 0 Å². The van der Waals surface area contributed by atoms with Gasteiger partial charge in [0.15, 0.2) is 0 Å². The molecule has 0 bridgehead atoms. The summed E-state index contributed by atoms with van der Waals surface area (Å²) in [6.45, 7) is 4.34. The SMILES string of the molecule is Cc1[cH-]c2ccccc2c1C.[Cl-].[Cl-].[Ti+3]. The molecule has 73 valence electrons. The molecule has 0 N–H and O–H groups in total. The molecule has 2 rings (SSSR count). The molecule has 0 unspecified atom stereocenters. The molecule has 0 aliphatic carbocycles. The summed E-state index contributed by atoms with van der Waals surface area (Å²) in [4.78, 5) is 0. The van der Waals surface area contributed by atoms with Gasteiger partial charge in [-0.1, -0.05) is 19.9 Å². The van der Waals surface area contributed by atoms with E-state index in [9.17, 15) is 0 Å². The summed E-state index contributed by atoms with van der Waals surface area (Å²) >= 11 is 0. The van der Waals surface area contributed by atoms with Crippen molar-refractivity contribution < 1.29 is 46.5 Å². The summed E-state index contributed by atoms with van der Waals surface area (Å²) in [5.74, 6) is 0. The largest absolute Gasteiger partial charge is 3.00 e. The molecule has 0 atom stereocenters. The maximum Gasteiger partial charge on any atom is 3.00 e. The second-order valence-corrected chi connectivity index (χ2v) is 3.04. The van der Waals surface area contributed by atoms with Gasteiger partial charge in [0.2, 0.25) is 0 Å². The van der Waals surface area contributed by atoms with E-state index in [2.05, 4.69) is 44.2 Å². The first-order valence-electron chi connectivity index (χ1n) is 3.90. The Labute approximate surface area is 112 Å². The van der Waals surface area contributed by atoms with Crippen molar-refractivity contribution in [3.63, 3.8) is 0 Å². The van der Waals surface area contributed by atoms with Crippen molar-refractivity contribution in [2.75, 3.05) is 0 Å². The van der Waals surface area contributed by atoms with Gasteiger partial charge >= 0.3 is 21.7 Å². The van der Waals surface area contributed by atoms with E-state index in [1.54, 1.807) is 0 Å². The molecule has 0 amide bonds. The van der Waals surface area contributed by atoms with E-state index in [1.165, 1.54) is 21.9 Å². The zero-order valence-corrected chi connectivity index (χ0v) is 11.2. The van der Waals surface area contributed by atoms with Crippen molar-refractivity contribution in [1.82, 2.24) is 0 Å². The molecule has 2 aromatic carbocycles. The first-order valence-corrected chi connectivity index (χ1v) is 3.90. The van der Waals surface area contributed by atoms with Crippen LogP contribution in [0, 0.1) is 13.8 Å². The summed E-state index contributed by atoms with van der Waals surface area (Å²) in [7, 11) is 0. The summed E-state index contributed by atoms with van der Waals surface area (Å²) < 4.78 is 0. The molecule has 0 aliphatic heterocycles. The Morgan fingerprint density at radius 2 is 1.57 bits per heavy atom. The van der Waals surface area contributed by atoms with Gasteiger partial charge in [0.1, 0.15) is 0 Å². The minimum absolute atomic E-state index is 0. The number of halogens is 2. The summed E-state index contributed by atoms with van der Waals surface area (Å²) in [6.07, 6.45) is 0. The smallest absolute Gasteiger partial charge is 1.00 e. The molecular weight excluding hydrogens is 251 g/mol. The van der Waals surface area contributed by atoms with Crippen molar-refractivity contribution >= 4 is 10.8 Å². The first kappa shape index (κ1) is 16.6. The number of hydrogen-bond acceptors (Lipinski definition) is 0. The molecular formula is C11H11Cl2Ti. The average Bonchev–Trinajstić information content (AvgIpc) is 2.30. The van der Waals surface area contributed by atoms with Crippen LogP contribution < -0.4 is 24.8 Å². The van der Waals surface area contributed by atoms with Gasteiger partial charge in [0.25, 0.3) is 0 Å². The fourth-order valence-corrected chi connectivity index (χ4v) is 1.52. The molecule has 0 aliphatic rings. The van der Waals surface area contributed by atoms with E-state index in [4.69, 9.17) is 0 Å². The van der Waals surface area contributed by atoms with Gasteiger partial charge in [0, 0.05) is 0 Å².